The molecule has 154 valence electrons. The number of anilines is 1. The van der Waals surface area contributed by atoms with Crippen molar-refractivity contribution in [2.75, 3.05) is 11.9 Å². The maximum Gasteiger partial charge on any atom is 0.411 e. The zero-order valence-electron chi connectivity index (χ0n) is 17.5. The van der Waals surface area contributed by atoms with Gasteiger partial charge in [0, 0.05) is 24.3 Å². The van der Waals surface area contributed by atoms with Gasteiger partial charge in [-0.05, 0) is 54.7 Å². The van der Waals surface area contributed by atoms with Crippen LogP contribution in [0.5, 0.6) is 0 Å². The van der Waals surface area contributed by atoms with Gasteiger partial charge < -0.3 is 4.74 Å². The zero-order chi connectivity index (χ0) is 20.9. The number of ether oxygens (including phenoxy) is 1. The van der Waals surface area contributed by atoms with Crippen molar-refractivity contribution < 1.29 is 9.53 Å². The Kier molecular flexibility index (Phi) is 6.15. The molecular formula is C26H28N2O2. The van der Waals surface area contributed by atoms with E-state index in [4.69, 9.17) is 4.74 Å². The molecule has 4 heteroatoms. The van der Waals surface area contributed by atoms with Crippen LogP contribution in [0.15, 0.2) is 78.9 Å². The minimum absolute atomic E-state index is 0.260. The van der Waals surface area contributed by atoms with E-state index in [0.717, 1.165) is 18.7 Å². The summed E-state index contributed by atoms with van der Waals surface area (Å²) in [6.07, 6.45) is 0.487. The Morgan fingerprint density at radius 2 is 1.73 bits per heavy atom. The van der Waals surface area contributed by atoms with Crippen LogP contribution in [0.3, 0.4) is 0 Å². The Morgan fingerprint density at radius 1 is 1.03 bits per heavy atom. The molecule has 0 saturated heterocycles. The molecule has 0 aromatic heterocycles. The van der Waals surface area contributed by atoms with E-state index in [1.165, 1.54) is 22.3 Å². The van der Waals surface area contributed by atoms with Gasteiger partial charge in [0.1, 0.15) is 0 Å². The molecule has 30 heavy (non-hydrogen) atoms. The van der Waals surface area contributed by atoms with Crippen LogP contribution in [0.2, 0.25) is 0 Å². The summed E-state index contributed by atoms with van der Waals surface area (Å²) >= 11 is 0. The molecule has 0 aliphatic carbocycles. The lowest BCUT2D eigenvalue weighted by Crippen LogP contribution is -2.36. The van der Waals surface area contributed by atoms with E-state index in [2.05, 4.69) is 89.9 Å². The first-order chi connectivity index (χ1) is 14.7. The Bertz CT molecular complexity index is 988. The van der Waals surface area contributed by atoms with Gasteiger partial charge >= 0.3 is 6.09 Å². The Morgan fingerprint density at radius 3 is 2.43 bits per heavy atom. The van der Waals surface area contributed by atoms with Crippen molar-refractivity contribution in [2.45, 2.75) is 38.9 Å². The molecule has 4 rings (SSSR count). The topological polar surface area (TPSA) is 41.6 Å². The SMILES string of the molecule is CCOC(=O)Nc1ccc2c(c1)CC(c1ccccc1)N(Cc1ccccc1)C2C. The third kappa shape index (κ3) is 4.39. The summed E-state index contributed by atoms with van der Waals surface area (Å²) in [5.41, 5.74) is 5.99. The second kappa shape index (κ2) is 9.14. The molecule has 3 aromatic carbocycles. The molecule has 0 saturated carbocycles. The number of rotatable bonds is 5. The Balaban J connectivity index is 1.67. The highest BCUT2D eigenvalue weighted by Gasteiger charge is 2.32. The van der Waals surface area contributed by atoms with Gasteiger partial charge in [0.2, 0.25) is 0 Å². The highest BCUT2D eigenvalue weighted by molar-refractivity contribution is 5.84. The van der Waals surface area contributed by atoms with E-state index < -0.39 is 6.09 Å². The van der Waals surface area contributed by atoms with E-state index in [1.54, 1.807) is 6.92 Å². The summed E-state index contributed by atoms with van der Waals surface area (Å²) in [6.45, 7) is 5.33. The number of hydrogen-bond donors (Lipinski definition) is 1. The summed E-state index contributed by atoms with van der Waals surface area (Å²) in [5.74, 6) is 0. The smallest absolute Gasteiger partial charge is 0.411 e. The maximum atomic E-state index is 11.8. The maximum absolute atomic E-state index is 11.8. The lowest BCUT2D eigenvalue weighted by atomic mass is 9.85. The normalized spacial score (nSPS) is 18.5. The zero-order valence-corrected chi connectivity index (χ0v) is 17.5. The number of carbonyl (C=O) groups is 1. The van der Waals surface area contributed by atoms with Gasteiger partial charge in [0.05, 0.1) is 6.61 Å². The second-order valence-electron chi connectivity index (χ2n) is 7.72. The average molecular weight is 401 g/mol. The number of fused-ring (bicyclic) bond motifs is 1. The molecule has 0 fully saturated rings. The Hall–Kier alpha value is -3.11. The van der Waals surface area contributed by atoms with Gasteiger partial charge in [-0.15, -0.1) is 0 Å². The molecule has 1 aliphatic heterocycles. The predicted molar refractivity (Wildman–Crippen MR) is 120 cm³/mol. The van der Waals surface area contributed by atoms with Crippen molar-refractivity contribution in [1.82, 2.24) is 4.90 Å². The predicted octanol–water partition coefficient (Wildman–Crippen LogP) is 6.12. The van der Waals surface area contributed by atoms with Crippen LogP contribution in [-0.4, -0.2) is 17.6 Å². The van der Waals surface area contributed by atoms with Crippen molar-refractivity contribution >= 4 is 11.8 Å². The van der Waals surface area contributed by atoms with Crippen molar-refractivity contribution in [1.29, 1.82) is 0 Å². The molecule has 1 aliphatic rings. The number of nitrogens with one attached hydrogen (secondary N) is 1. The average Bonchev–Trinajstić information content (AvgIpc) is 2.77. The fraction of sp³-hybridized carbons (Fsp3) is 0.269. The third-order valence-corrected chi connectivity index (χ3v) is 5.82. The summed E-state index contributed by atoms with van der Waals surface area (Å²) < 4.78 is 5.03. The number of nitrogens with zero attached hydrogens (tertiary/aromatic N) is 1. The third-order valence-electron chi connectivity index (χ3n) is 5.82. The molecule has 1 amide bonds. The van der Waals surface area contributed by atoms with Crippen LogP contribution in [-0.2, 0) is 17.7 Å². The van der Waals surface area contributed by atoms with Gasteiger partial charge in [-0.1, -0.05) is 66.7 Å². The van der Waals surface area contributed by atoms with E-state index >= 15 is 0 Å². The summed E-state index contributed by atoms with van der Waals surface area (Å²) in [4.78, 5) is 14.4. The van der Waals surface area contributed by atoms with Crippen molar-refractivity contribution in [3.8, 4) is 0 Å². The highest BCUT2D eigenvalue weighted by atomic mass is 16.5. The molecule has 2 unspecified atom stereocenters. The molecular weight excluding hydrogens is 372 g/mol. The number of benzene rings is 3. The van der Waals surface area contributed by atoms with Crippen LogP contribution >= 0.6 is 0 Å². The Labute approximate surface area is 178 Å². The molecule has 0 bridgehead atoms. The lowest BCUT2D eigenvalue weighted by molar-refractivity contribution is 0.118. The van der Waals surface area contributed by atoms with Crippen LogP contribution in [0.25, 0.3) is 0 Å². The number of carbonyl (C=O) groups excluding carboxylic acids is 1. The molecule has 0 spiro atoms. The first kappa shape index (κ1) is 20.2. The summed E-state index contributed by atoms with van der Waals surface area (Å²) in [6, 6.07) is 28.1. The van der Waals surface area contributed by atoms with Gasteiger partial charge in [0.15, 0.2) is 0 Å². The summed E-state index contributed by atoms with van der Waals surface area (Å²) in [7, 11) is 0. The van der Waals surface area contributed by atoms with Gasteiger partial charge in [-0.3, -0.25) is 10.2 Å². The molecule has 2 atom stereocenters. The molecule has 1 heterocycles. The highest BCUT2D eigenvalue weighted by Crippen LogP contribution is 2.41. The van der Waals surface area contributed by atoms with E-state index in [0.29, 0.717) is 6.61 Å². The van der Waals surface area contributed by atoms with Crippen molar-refractivity contribution in [3.63, 3.8) is 0 Å². The number of hydrogen-bond acceptors (Lipinski definition) is 3. The van der Waals surface area contributed by atoms with E-state index in [9.17, 15) is 4.79 Å². The van der Waals surface area contributed by atoms with Crippen LogP contribution in [0.4, 0.5) is 10.5 Å². The van der Waals surface area contributed by atoms with E-state index in [-0.39, 0.29) is 12.1 Å². The van der Waals surface area contributed by atoms with Gasteiger partial charge in [-0.2, -0.15) is 0 Å². The second-order valence-corrected chi connectivity index (χ2v) is 7.72. The minimum atomic E-state index is -0.411. The fourth-order valence-electron chi connectivity index (χ4n) is 4.35. The minimum Gasteiger partial charge on any atom is -0.450 e. The molecule has 4 nitrogen and oxygen atoms in total. The van der Waals surface area contributed by atoms with Crippen LogP contribution < -0.4 is 5.32 Å². The molecule has 1 N–H and O–H groups in total. The van der Waals surface area contributed by atoms with Crippen LogP contribution in [0.1, 0.15) is 48.2 Å². The van der Waals surface area contributed by atoms with Gasteiger partial charge in [-0.25, -0.2) is 4.79 Å². The lowest BCUT2D eigenvalue weighted by Gasteiger charge is -2.42. The largest absolute Gasteiger partial charge is 0.450 e. The first-order valence-corrected chi connectivity index (χ1v) is 10.6. The van der Waals surface area contributed by atoms with Crippen LogP contribution in [0, 0.1) is 0 Å². The summed E-state index contributed by atoms with van der Waals surface area (Å²) in [5, 5.41) is 2.84. The monoisotopic (exact) mass is 400 g/mol. The first-order valence-electron chi connectivity index (χ1n) is 10.6. The number of amides is 1. The molecule has 3 aromatic rings. The molecule has 0 radical (unpaired) electrons. The van der Waals surface area contributed by atoms with Gasteiger partial charge in [0.25, 0.3) is 0 Å². The quantitative estimate of drug-likeness (QED) is 0.561. The van der Waals surface area contributed by atoms with Crippen molar-refractivity contribution in [2.24, 2.45) is 0 Å². The van der Waals surface area contributed by atoms with E-state index in [1.807, 2.05) is 6.07 Å². The fourth-order valence-corrected chi connectivity index (χ4v) is 4.35. The van der Waals surface area contributed by atoms with Crippen molar-refractivity contribution in [3.05, 3.63) is 101 Å². The standard InChI is InChI=1S/C26H28N2O2/c1-3-30-26(29)27-23-14-15-24-19(2)28(18-20-10-6-4-7-11-20)25(17-22(24)16-23)21-12-8-5-9-13-21/h4-16,19,25H,3,17-18H2,1-2H3,(H,27,29).